The largest absolute Gasteiger partial charge is 0.379 e. The van der Waals surface area contributed by atoms with Gasteiger partial charge in [-0.15, -0.1) is 0 Å². The average molecular weight is 295 g/mol. The molecule has 5 heteroatoms. The number of aliphatic hydroxyl groups is 1. The van der Waals surface area contributed by atoms with E-state index in [9.17, 15) is 9.90 Å². The summed E-state index contributed by atoms with van der Waals surface area (Å²) in [6.45, 7) is 5.06. The van der Waals surface area contributed by atoms with E-state index in [4.69, 9.17) is 0 Å². The highest BCUT2D eigenvalue weighted by atomic mass is 16.3. The minimum absolute atomic E-state index is 0.0452. The number of carbonyl (C=O) groups is 1. The number of aromatic nitrogens is 3. The minimum atomic E-state index is -1.30. The van der Waals surface area contributed by atoms with Gasteiger partial charge in [-0.2, -0.15) is 5.10 Å². The molecule has 0 bridgehead atoms. The van der Waals surface area contributed by atoms with Crippen LogP contribution in [0, 0.1) is 6.92 Å². The van der Waals surface area contributed by atoms with Crippen LogP contribution in [0.4, 0.5) is 0 Å². The summed E-state index contributed by atoms with van der Waals surface area (Å²) in [7, 11) is 0. The summed E-state index contributed by atoms with van der Waals surface area (Å²) in [5.41, 5.74) is 1.96. The van der Waals surface area contributed by atoms with Crippen LogP contribution in [0.2, 0.25) is 0 Å². The molecule has 0 fully saturated rings. The van der Waals surface area contributed by atoms with Gasteiger partial charge in [-0.1, -0.05) is 6.07 Å². The summed E-state index contributed by atoms with van der Waals surface area (Å²) in [6.07, 6.45) is 4.91. The second-order valence-corrected chi connectivity index (χ2v) is 5.54. The summed E-state index contributed by atoms with van der Waals surface area (Å²) in [5.74, 6) is -0.0452. The van der Waals surface area contributed by atoms with Crippen LogP contribution < -0.4 is 0 Å². The van der Waals surface area contributed by atoms with Crippen molar-refractivity contribution in [3.8, 4) is 0 Å². The van der Waals surface area contributed by atoms with Crippen molar-refractivity contribution in [2.75, 3.05) is 0 Å². The Morgan fingerprint density at radius 2 is 2.00 bits per heavy atom. The van der Waals surface area contributed by atoms with Gasteiger partial charge in [0.25, 0.3) is 0 Å². The highest BCUT2D eigenvalue weighted by molar-refractivity contribution is 6.03. The SMILES string of the molecule is CC(=O)c1c(C)c(C(C)(O)c2cccnc2)n2ncccc12. The molecule has 0 aliphatic rings. The lowest BCUT2D eigenvalue weighted by atomic mass is 9.90. The molecule has 0 radical (unpaired) electrons. The number of fused-ring (bicyclic) bond motifs is 1. The fourth-order valence-electron chi connectivity index (χ4n) is 3.01. The zero-order valence-corrected chi connectivity index (χ0v) is 12.7. The lowest BCUT2D eigenvalue weighted by molar-refractivity contribution is 0.0942. The third-order valence-electron chi connectivity index (χ3n) is 3.99. The Balaban J connectivity index is 2.37. The molecule has 0 spiro atoms. The Labute approximate surface area is 128 Å². The molecule has 1 N–H and O–H groups in total. The summed E-state index contributed by atoms with van der Waals surface area (Å²) in [4.78, 5) is 16.1. The Hall–Kier alpha value is -2.53. The van der Waals surface area contributed by atoms with Gasteiger partial charge in [0, 0.05) is 29.7 Å². The first-order chi connectivity index (χ1) is 10.4. The summed E-state index contributed by atoms with van der Waals surface area (Å²) in [5, 5.41) is 15.4. The van der Waals surface area contributed by atoms with Crippen LogP contribution in [0.25, 0.3) is 5.52 Å². The molecule has 3 aromatic rings. The molecule has 1 unspecified atom stereocenters. The molecule has 5 nitrogen and oxygen atoms in total. The van der Waals surface area contributed by atoms with E-state index in [1.807, 2.05) is 19.1 Å². The van der Waals surface area contributed by atoms with E-state index in [1.54, 1.807) is 42.2 Å². The second kappa shape index (κ2) is 5.03. The smallest absolute Gasteiger partial charge is 0.162 e. The Bertz CT molecular complexity index is 851. The van der Waals surface area contributed by atoms with Gasteiger partial charge < -0.3 is 5.11 Å². The third-order valence-corrected chi connectivity index (χ3v) is 3.99. The monoisotopic (exact) mass is 295 g/mol. The van der Waals surface area contributed by atoms with Crippen molar-refractivity contribution >= 4 is 11.3 Å². The van der Waals surface area contributed by atoms with Gasteiger partial charge in [0.05, 0.1) is 11.2 Å². The molecule has 0 aromatic carbocycles. The topological polar surface area (TPSA) is 67.5 Å². The van der Waals surface area contributed by atoms with Crippen LogP contribution in [0.15, 0.2) is 42.9 Å². The highest BCUT2D eigenvalue weighted by Crippen LogP contribution is 2.35. The minimum Gasteiger partial charge on any atom is -0.379 e. The van der Waals surface area contributed by atoms with Gasteiger partial charge in [0.2, 0.25) is 0 Å². The van der Waals surface area contributed by atoms with E-state index in [0.717, 1.165) is 5.56 Å². The number of Topliss-reactive ketones (excluding diaryl/α,β-unsaturated/α-hetero) is 1. The fourth-order valence-corrected chi connectivity index (χ4v) is 3.01. The number of pyridine rings is 1. The van der Waals surface area contributed by atoms with Crippen molar-refractivity contribution in [3.05, 3.63) is 65.2 Å². The van der Waals surface area contributed by atoms with Crippen LogP contribution in [0.1, 0.15) is 41.0 Å². The molecule has 22 heavy (non-hydrogen) atoms. The molecule has 3 aromatic heterocycles. The van der Waals surface area contributed by atoms with E-state index in [-0.39, 0.29) is 5.78 Å². The van der Waals surface area contributed by atoms with Crippen molar-refractivity contribution in [3.63, 3.8) is 0 Å². The first-order valence-corrected chi connectivity index (χ1v) is 7.05. The Morgan fingerprint density at radius 3 is 2.64 bits per heavy atom. The summed E-state index contributed by atoms with van der Waals surface area (Å²) < 4.78 is 1.64. The predicted octanol–water partition coefficient (Wildman–Crippen LogP) is 2.50. The maximum atomic E-state index is 12.0. The normalized spacial score (nSPS) is 14.0. The van der Waals surface area contributed by atoms with Gasteiger partial charge >= 0.3 is 0 Å². The standard InChI is InChI=1S/C17H17N3O2/c1-11-15(12(2)21)14-7-5-9-19-20(14)16(11)17(3,22)13-6-4-8-18-10-13/h4-10,22H,1-3H3. The molecule has 3 heterocycles. The van der Waals surface area contributed by atoms with Gasteiger partial charge in [-0.05, 0) is 44.5 Å². The van der Waals surface area contributed by atoms with Crippen LogP contribution >= 0.6 is 0 Å². The van der Waals surface area contributed by atoms with Gasteiger partial charge in [0.1, 0.15) is 5.60 Å². The van der Waals surface area contributed by atoms with Crippen molar-refractivity contribution in [1.29, 1.82) is 0 Å². The molecule has 3 rings (SSSR count). The maximum Gasteiger partial charge on any atom is 0.162 e. The van der Waals surface area contributed by atoms with Gasteiger partial charge in [-0.25, -0.2) is 4.52 Å². The van der Waals surface area contributed by atoms with Crippen molar-refractivity contribution in [2.24, 2.45) is 0 Å². The van der Waals surface area contributed by atoms with E-state index >= 15 is 0 Å². The van der Waals surface area contributed by atoms with E-state index in [1.165, 1.54) is 6.92 Å². The lowest BCUT2D eigenvalue weighted by Gasteiger charge is -2.24. The van der Waals surface area contributed by atoms with E-state index in [2.05, 4.69) is 10.1 Å². The van der Waals surface area contributed by atoms with Crippen LogP contribution in [0.3, 0.4) is 0 Å². The fraction of sp³-hybridized carbons (Fsp3) is 0.235. The van der Waals surface area contributed by atoms with Crippen molar-refractivity contribution < 1.29 is 9.90 Å². The molecule has 0 saturated carbocycles. The highest BCUT2D eigenvalue weighted by Gasteiger charge is 2.34. The molecular weight excluding hydrogens is 278 g/mol. The lowest BCUT2D eigenvalue weighted by Crippen LogP contribution is -2.26. The van der Waals surface area contributed by atoms with Crippen LogP contribution in [0.5, 0.6) is 0 Å². The van der Waals surface area contributed by atoms with Crippen LogP contribution in [-0.4, -0.2) is 25.5 Å². The average Bonchev–Trinajstić information content (AvgIpc) is 2.80. The van der Waals surface area contributed by atoms with E-state index in [0.29, 0.717) is 22.3 Å². The Morgan fingerprint density at radius 1 is 1.27 bits per heavy atom. The number of ketones is 1. The molecule has 112 valence electrons. The van der Waals surface area contributed by atoms with Crippen molar-refractivity contribution in [2.45, 2.75) is 26.4 Å². The number of hydrogen-bond donors (Lipinski definition) is 1. The zero-order chi connectivity index (χ0) is 15.9. The molecule has 0 aliphatic carbocycles. The molecule has 1 atom stereocenters. The number of rotatable bonds is 3. The molecule has 0 saturated heterocycles. The van der Waals surface area contributed by atoms with E-state index < -0.39 is 5.60 Å². The van der Waals surface area contributed by atoms with Gasteiger partial charge in [-0.3, -0.25) is 9.78 Å². The summed E-state index contributed by atoms with van der Waals surface area (Å²) in [6, 6.07) is 7.19. The molecular formula is C17H17N3O2. The predicted molar refractivity (Wildman–Crippen MR) is 82.8 cm³/mol. The van der Waals surface area contributed by atoms with Gasteiger partial charge in [0.15, 0.2) is 5.78 Å². The second-order valence-electron chi connectivity index (χ2n) is 5.54. The number of nitrogens with zero attached hydrogens (tertiary/aromatic N) is 3. The first-order valence-electron chi connectivity index (χ1n) is 7.05. The zero-order valence-electron chi connectivity index (χ0n) is 12.7. The van der Waals surface area contributed by atoms with Crippen molar-refractivity contribution in [1.82, 2.24) is 14.6 Å². The first kappa shape index (κ1) is 14.4. The molecule has 0 amide bonds. The Kier molecular flexibility index (Phi) is 3.30. The number of hydrogen-bond acceptors (Lipinski definition) is 4. The molecule has 0 aliphatic heterocycles. The maximum absolute atomic E-state index is 12.0. The van der Waals surface area contributed by atoms with Crippen LogP contribution in [-0.2, 0) is 5.60 Å². The number of carbonyl (C=O) groups excluding carboxylic acids is 1. The summed E-state index contributed by atoms with van der Waals surface area (Å²) >= 11 is 0. The third kappa shape index (κ3) is 2.02. The quantitative estimate of drug-likeness (QED) is 0.754.